The maximum Gasteiger partial charge on any atom is 0.272 e. The predicted octanol–water partition coefficient (Wildman–Crippen LogP) is 3.17. The Balaban J connectivity index is 1.83. The molecule has 1 heterocycles. The van der Waals surface area contributed by atoms with Crippen molar-refractivity contribution >= 4 is 11.6 Å². The molecule has 1 fully saturated rings. The maximum absolute atomic E-state index is 11.9. The van der Waals surface area contributed by atoms with E-state index in [1.807, 2.05) is 12.1 Å². The molecule has 1 aliphatic rings. The topological polar surface area (TPSA) is 45.2 Å². The van der Waals surface area contributed by atoms with Crippen LogP contribution in [0.3, 0.4) is 0 Å². The molecule has 1 aromatic heterocycles. The molecule has 110 valence electrons. The second kappa shape index (κ2) is 7.27. The molecule has 1 saturated carbocycles. The van der Waals surface area contributed by atoms with Gasteiger partial charge in [-0.1, -0.05) is 32.1 Å². The normalized spacial score (nSPS) is 15.9. The second-order valence-corrected chi connectivity index (χ2v) is 5.85. The minimum atomic E-state index is -0.0547. The fourth-order valence-electron chi connectivity index (χ4n) is 2.78. The highest BCUT2D eigenvalue weighted by molar-refractivity contribution is 5.92. The zero-order valence-corrected chi connectivity index (χ0v) is 12.6. The van der Waals surface area contributed by atoms with Gasteiger partial charge in [-0.2, -0.15) is 0 Å². The summed E-state index contributed by atoms with van der Waals surface area (Å²) in [6, 6.07) is 3.76. The summed E-state index contributed by atoms with van der Waals surface area (Å²) in [5.74, 6) is 0.821. The number of pyridine rings is 1. The molecule has 0 aromatic carbocycles. The van der Waals surface area contributed by atoms with E-state index in [1.165, 1.54) is 38.5 Å². The van der Waals surface area contributed by atoms with Gasteiger partial charge < -0.3 is 10.2 Å². The highest BCUT2D eigenvalue weighted by Gasteiger charge is 2.13. The van der Waals surface area contributed by atoms with Gasteiger partial charge in [-0.3, -0.25) is 9.78 Å². The fourth-order valence-corrected chi connectivity index (χ4v) is 2.78. The first-order valence-corrected chi connectivity index (χ1v) is 7.58. The van der Waals surface area contributed by atoms with Crippen molar-refractivity contribution in [2.75, 3.05) is 26.0 Å². The maximum atomic E-state index is 11.9. The van der Waals surface area contributed by atoms with Gasteiger partial charge in [0.2, 0.25) is 0 Å². The summed E-state index contributed by atoms with van der Waals surface area (Å²) in [5.41, 5.74) is 1.48. The lowest BCUT2D eigenvalue weighted by Crippen LogP contribution is -2.22. The average Bonchev–Trinajstić information content (AvgIpc) is 2.48. The molecule has 0 saturated heterocycles. The quantitative estimate of drug-likeness (QED) is 0.897. The Kier molecular flexibility index (Phi) is 5.39. The van der Waals surface area contributed by atoms with E-state index in [2.05, 4.69) is 10.3 Å². The molecule has 0 atom stereocenters. The van der Waals surface area contributed by atoms with Gasteiger partial charge >= 0.3 is 0 Å². The van der Waals surface area contributed by atoms with Crippen LogP contribution in [-0.4, -0.2) is 36.4 Å². The number of nitrogens with zero attached hydrogens (tertiary/aromatic N) is 2. The van der Waals surface area contributed by atoms with Crippen LogP contribution in [0.15, 0.2) is 18.3 Å². The van der Waals surface area contributed by atoms with Crippen molar-refractivity contribution in [3.63, 3.8) is 0 Å². The number of carbonyl (C=O) groups excluding carboxylic acids is 1. The van der Waals surface area contributed by atoms with Crippen LogP contribution in [0, 0.1) is 5.92 Å². The van der Waals surface area contributed by atoms with E-state index in [0.29, 0.717) is 5.69 Å². The van der Waals surface area contributed by atoms with Gasteiger partial charge in [0.1, 0.15) is 5.69 Å². The molecule has 0 aliphatic heterocycles. The third kappa shape index (κ3) is 4.22. The van der Waals surface area contributed by atoms with Crippen LogP contribution in [0.2, 0.25) is 0 Å². The lowest BCUT2D eigenvalue weighted by Gasteiger charge is -2.21. The molecule has 0 spiro atoms. The lowest BCUT2D eigenvalue weighted by atomic mass is 9.87. The minimum absolute atomic E-state index is 0.0547. The second-order valence-electron chi connectivity index (χ2n) is 5.85. The van der Waals surface area contributed by atoms with Crippen LogP contribution in [-0.2, 0) is 0 Å². The molecule has 1 amide bonds. The Labute approximate surface area is 121 Å². The molecule has 2 rings (SSSR count). The Hall–Kier alpha value is -1.58. The van der Waals surface area contributed by atoms with E-state index in [0.717, 1.165) is 18.2 Å². The number of hydrogen-bond donors (Lipinski definition) is 1. The van der Waals surface area contributed by atoms with Gasteiger partial charge in [0, 0.05) is 32.5 Å². The first-order valence-electron chi connectivity index (χ1n) is 7.58. The SMILES string of the molecule is CN(C)C(=O)c1cc(NCCC2CCCCC2)ccn1. The first kappa shape index (κ1) is 14.8. The molecule has 4 nitrogen and oxygen atoms in total. The van der Waals surface area contributed by atoms with E-state index in [9.17, 15) is 4.79 Å². The number of anilines is 1. The summed E-state index contributed by atoms with van der Waals surface area (Å²) in [7, 11) is 3.49. The van der Waals surface area contributed by atoms with Crippen molar-refractivity contribution in [2.45, 2.75) is 38.5 Å². The van der Waals surface area contributed by atoms with Crippen LogP contribution in [0.25, 0.3) is 0 Å². The Morgan fingerprint density at radius 3 is 2.80 bits per heavy atom. The minimum Gasteiger partial charge on any atom is -0.385 e. The Morgan fingerprint density at radius 1 is 1.35 bits per heavy atom. The van der Waals surface area contributed by atoms with Crippen molar-refractivity contribution in [3.8, 4) is 0 Å². The predicted molar refractivity (Wildman–Crippen MR) is 81.9 cm³/mol. The van der Waals surface area contributed by atoms with E-state index in [4.69, 9.17) is 0 Å². The third-order valence-electron chi connectivity index (χ3n) is 3.99. The summed E-state index contributed by atoms with van der Waals surface area (Å²) in [4.78, 5) is 17.5. The van der Waals surface area contributed by atoms with E-state index < -0.39 is 0 Å². The smallest absolute Gasteiger partial charge is 0.272 e. The van der Waals surface area contributed by atoms with E-state index >= 15 is 0 Å². The average molecular weight is 275 g/mol. The standard InChI is InChI=1S/C16H25N3O/c1-19(2)16(20)15-12-14(9-11-18-15)17-10-8-13-6-4-3-5-7-13/h9,11-13H,3-8,10H2,1-2H3,(H,17,18). The monoisotopic (exact) mass is 275 g/mol. The zero-order chi connectivity index (χ0) is 14.4. The van der Waals surface area contributed by atoms with Crippen molar-refractivity contribution in [2.24, 2.45) is 5.92 Å². The van der Waals surface area contributed by atoms with Crippen molar-refractivity contribution < 1.29 is 4.79 Å². The summed E-state index contributed by atoms with van der Waals surface area (Å²) in [5, 5.41) is 3.42. The number of rotatable bonds is 5. The van der Waals surface area contributed by atoms with Gasteiger partial charge in [-0.05, 0) is 24.5 Å². The van der Waals surface area contributed by atoms with Crippen LogP contribution >= 0.6 is 0 Å². The largest absolute Gasteiger partial charge is 0.385 e. The summed E-state index contributed by atoms with van der Waals surface area (Å²) in [6.07, 6.45) is 9.86. The van der Waals surface area contributed by atoms with Gasteiger partial charge in [-0.25, -0.2) is 0 Å². The number of amides is 1. The molecule has 0 radical (unpaired) electrons. The van der Waals surface area contributed by atoms with Crippen molar-refractivity contribution in [1.82, 2.24) is 9.88 Å². The van der Waals surface area contributed by atoms with Crippen molar-refractivity contribution in [3.05, 3.63) is 24.0 Å². The Bertz CT molecular complexity index is 439. The highest BCUT2D eigenvalue weighted by Crippen LogP contribution is 2.26. The molecule has 1 aliphatic carbocycles. The molecule has 1 N–H and O–H groups in total. The van der Waals surface area contributed by atoms with Crippen LogP contribution in [0.5, 0.6) is 0 Å². The van der Waals surface area contributed by atoms with Crippen LogP contribution in [0.1, 0.15) is 49.0 Å². The summed E-state index contributed by atoms with van der Waals surface area (Å²) < 4.78 is 0. The molecule has 1 aromatic rings. The molecular weight excluding hydrogens is 250 g/mol. The van der Waals surface area contributed by atoms with Gasteiger partial charge in [0.15, 0.2) is 0 Å². The third-order valence-corrected chi connectivity index (χ3v) is 3.99. The molecular formula is C16H25N3O. The van der Waals surface area contributed by atoms with Crippen LogP contribution < -0.4 is 5.32 Å². The summed E-state index contributed by atoms with van der Waals surface area (Å²) in [6.45, 7) is 0.976. The van der Waals surface area contributed by atoms with Crippen molar-refractivity contribution in [1.29, 1.82) is 0 Å². The zero-order valence-electron chi connectivity index (χ0n) is 12.6. The molecule has 0 bridgehead atoms. The first-order chi connectivity index (χ1) is 9.66. The van der Waals surface area contributed by atoms with Crippen LogP contribution in [0.4, 0.5) is 5.69 Å². The van der Waals surface area contributed by atoms with E-state index in [1.54, 1.807) is 25.2 Å². The lowest BCUT2D eigenvalue weighted by molar-refractivity contribution is 0.0822. The van der Waals surface area contributed by atoms with E-state index in [-0.39, 0.29) is 5.91 Å². The molecule has 4 heteroatoms. The number of nitrogens with one attached hydrogen (secondary N) is 1. The van der Waals surface area contributed by atoms with Gasteiger partial charge in [0.05, 0.1) is 0 Å². The number of hydrogen-bond acceptors (Lipinski definition) is 3. The highest BCUT2D eigenvalue weighted by atomic mass is 16.2. The fraction of sp³-hybridized carbons (Fsp3) is 0.625. The van der Waals surface area contributed by atoms with Gasteiger partial charge in [-0.15, -0.1) is 0 Å². The molecule has 20 heavy (non-hydrogen) atoms. The number of carbonyl (C=O) groups is 1. The number of aromatic nitrogens is 1. The van der Waals surface area contributed by atoms with Gasteiger partial charge in [0.25, 0.3) is 5.91 Å². The Morgan fingerprint density at radius 2 is 2.10 bits per heavy atom. The molecule has 0 unspecified atom stereocenters. The summed E-state index contributed by atoms with van der Waals surface area (Å²) >= 11 is 0.